The summed E-state index contributed by atoms with van der Waals surface area (Å²) < 4.78 is 18.9. The molecule has 0 spiro atoms. The summed E-state index contributed by atoms with van der Waals surface area (Å²) in [4.78, 5) is 0. The van der Waals surface area contributed by atoms with Crippen molar-refractivity contribution in [2.24, 2.45) is 17.6 Å². The highest BCUT2D eigenvalue weighted by molar-refractivity contribution is 5.26. The second-order valence-corrected chi connectivity index (χ2v) is 5.04. The highest BCUT2D eigenvalue weighted by Gasteiger charge is 2.28. The molecule has 1 aliphatic rings. The van der Waals surface area contributed by atoms with Crippen molar-refractivity contribution in [3.05, 3.63) is 35.1 Å². The van der Waals surface area contributed by atoms with Crippen LogP contribution in [0.5, 0.6) is 0 Å². The molecule has 0 amide bonds. The topological polar surface area (TPSA) is 35.2 Å². The van der Waals surface area contributed by atoms with E-state index in [1.165, 1.54) is 0 Å². The van der Waals surface area contributed by atoms with Crippen LogP contribution in [0.15, 0.2) is 18.2 Å². The maximum atomic E-state index is 13.5. The highest BCUT2D eigenvalue weighted by Crippen LogP contribution is 2.32. The largest absolute Gasteiger partial charge is 0.381 e. The molecule has 0 aromatic heterocycles. The van der Waals surface area contributed by atoms with Gasteiger partial charge in [0.1, 0.15) is 5.82 Å². The molecule has 0 aliphatic carbocycles. The molecule has 0 bridgehead atoms. The van der Waals surface area contributed by atoms with Crippen molar-refractivity contribution >= 4 is 0 Å². The monoisotopic (exact) mass is 237 g/mol. The lowest BCUT2D eigenvalue weighted by atomic mass is 9.81. The lowest BCUT2D eigenvalue weighted by Crippen LogP contribution is -2.33. The van der Waals surface area contributed by atoms with Gasteiger partial charge in [0.15, 0.2) is 0 Å². The Labute approximate surface area is 102 Å². The highest BCUT2D eigenvalue weighted by atomic mass is 19.1. The SMILES string of the molecule is Cc1ccc(C(N)C2CCOCC2C)cc1F. The Bertz CT molecular complexity index is 394. The number of rotatable bonds is 2. The second kappa shape index (κ2) is 5.15. The molecule has 2 rings (SSSR count). The summed E-state index contributed by atoms with van der Waals surface area (Å²) in [5.74, 6) is 0.645. The molecular weight excluding hydrogens is 217 g/mol. The summed E-state index contributed by atoms with van der Waals surface area (Å²) in [6, 6.07) is 5.21. The maximum absolute atomic E-state index is 13.5. The molecule has 17 heavy (non-hydrogen) atoms. The molecular formula is C14H20FNO. The van der Waals surface area contributed by atoms with Gasteiger partial charge in [-0.1, -0.05) is 19.1 Å². The lowest BCUT2D eigenvalue weighted by Gasteiger charge is -2.33. The summed E-state index contributed by atoms with van der Waals surface area (Å²) in [6.45, 7) is 5.43. The van der Waals surface area contributed by atoms with E-state index < -0.39 is 0 Å². The molecule has 1 fully saturated rings. The van der Waals surface area contributed by atoms with Gasteiger partial charge in [-0.25, -0.2) is 4.39 Å². The summed E-state index contributed by atoms with van der Waals surface area (Å²) in [7, 11) is 0. The number of ether oxygens (including phenoxy) is 1. The standard InChI is InChI=1S/C14H20FNO/c1-9-3-4-11(7-13(9)15)14(16)12-5-6-17-8-10(12)2/h3-4,7,10,12,14H,5-6,8,16H2,1-2H3. The zero-order chi connectivity index (χ0) is 12.4. The number of hydrogen-bond acceptors (Lipinski definition) is 2. The summed E-state index contributed by atoms with van der Waals surface area (Å²) in [5, 5.41) is 0. The predicted octanol–water partition coefficient (Wildman–Crippen LogP) is 2.81. The molecule has 94 valence electrons. The second-order valence-electron chi connectivity index (χ2n) is 5.04. The van der Waals surface area contributed by atoms with Crippen molar-refractivity contribution in [2.75, 3.05) is 13.2 Å². The van der Waals surface area contributed by atoms with Gasteiger partial charge in [0.05, 0.1) is 0 Å². The Hall–Kier alpha value is -0.930. The summed E-state index contributed by atoms with van der Waals surface area (Å²) in [5.41, 5.74) is 7.82. The van der Waals surface area contributed by atoms with Gasteiger partial charge in [-0.2, -0.15) is 0 Å². The van der Waals surface area contributed by atoms with E-state index in [0.717, 1.165) is 25.2 Å². The van der Waals surface area contributed by atoms with Crippen LogP contribution < -0.4 is 5.73 Å². The van der Waals surface area contributed by atoms with E-state index in [0.29, 0.717) is 17.4 Å². The molecule has 0 saturated carbocycles. The van der Waals surface area contributed by atoms with Crippen molar-refractivity contribution in [3.63, 3.8) is 0 Å². The molecule has 1 aromatic carbocycles. The molecule has 1 aromatic rings. The fourth-order valence-electron chi connectivity index (χ4n) is 2.49. The van der Waals surface area contributed by atoms with Gasteiger partial charge in [0, 0.05) is 19.3 Å². The molecule has 2 N–H and O–H groups in total. The third kappa shape index (κ3) is 2.67. The average molecular weight is 237 g/mol. The zero-order valence-electron chi connectivity index (χ0n) is 10.4. The number of nitrogens with two attached hydrogens (primary N) is 1. The average Bonchev–Trinajstić information content (AvgIpc) is 2.32. The van der Waals surface area contributed by atoms with Crippen molar-refractivity contribution < 1.29 is 9.13 Å². The van der Waals surface area contributed by atoms with Crippen molar-refractivity contribution in [1.82, 2.24) is 0 Å². The van der Waals surface area contributed by atoms with Crippen molar-refractivity contribution in [3.8, 4) is 0 Å². The molecule has 2 nitrogen and oxygen atoms in total. The Morgan fingerprint density at radius 2 is 2.24 bits per heavy atom. The molecule has 1 aliphatic heterocycles. The van der Waals surface area contributed by atoms with E-state index in [1.807, 2.05) is 6.07 Å². The van der Waals surface area contributed by atoms with Crippen LogP contribution >= 0.6 is 0 Å². The third-order valence-corrected chi connectivity index (χ3v) is 3.75. The van der Waals surface area contributed by atoms with Gasteiger partial charge in [0.25, 0.3) is 0 Å². The molecule has 3 heteroatoms. The minimum Gasteiger partial charge on any atom is -0.381 e. The minimum absolute atomic E-state index is 0.0935. The van der Waals surface area contributed by atoms with Crippen LogP contribution in [0.2, 0.25) is 0 Å². The maximum Gasteiger partial charge on any atom is 0.126 e. The molecule has 1 saturated heterocycles. The Kier molecular flexibility index (Phi) is 3.79. The number of aryl methyl sites for hydroxylation is 1. The van der Waals surface area contributed by atoms with Gasteiger partial charge < -0.3 is 10.5 Å². The zero-order valence-corrected chi connectivity index (χ0v) is 10.4. The summed E-state index contributed by atoms with van der Waals surface area (Å²) >= 11 is 0. The van der Waals surface area contributed by atoms with E-state index in [1.54, 1.807) is 19.1 Å². The first kappa shape index (κ1) is 12.5. The van der Waals surface area contributed by atoms with Gasteiger partial charge in [-0.05, 0) is 42.4 Å². The van der Waals surface area contributed by atoms with Gasteiger partial charge >= 0.3 is 0 Å². The van der Waals surface area contributed by atoms with E-state index >= 15 is 0 Å². The fraction of sp³-hybridized carbons (Fsp3) is 0.571. The third-order valence-electron chi connectivity index (χ3n) is 3.75. The van der Waals surface area contributed by atoms with Crippen molar-refractivity contribution in [1.29, 1.82) is 0 Å². The summed E-state index contributed by atoms with van der Waals surface area (Å²) in [6.07, 6.45) is 0.956. The first-order valence-electron chi connectivity index (χ1n) is 6.19. The van der Waals surface area contributed by atoms with Crippen LogP contribution in [-0.4, -0.2) is 13.2 Å². The predicted molar refractivity (Wildman–Crippen MR) is 66.2 cm³/mol. The van der Waals surface area contributed by atoms with Crippen LogP contribution in [-0.2, 0) is 4.74 Å². The first-order chi connectivity index (χ1) is 8.09. The molecule has 0 radical (unpaired) electrons. The van der Waals surface area contributed by atoms with Crippen LogP contribution in [0.25, 0.3) is 0 Å². The Morgan fingerprint density at radius 1 is 1.47 bits per heavy atom. The van der Waals surface area contributed by atoms with Gasteiger partial charge in [-0.15, -0.1) is 0 Å². The smallest absolute Gasteiger partial charge is 0.126 e. The number of benzene rings is 1. The van der Waals surface area contributed by atoms with Gasteiger partial charge in [-0.3, -0.25) is 0 Å². The van der Waals surface area contributed by atoms with Crippen LogP contribution in [0.1, 0.15) is 30.5 Å². The number of halogens is 1. The van der Waals surface area contributed by atoms with Gasteiger partial charge in [0.2, 0.25) is 0 Å². The van der Waals surface area contributed by atoms with Crippen molar-refractivity contribution in [2.45, 2.75) is 26.3 Å². The van der Waals surface area contributed by atoms with Crippen LogP contribution in [0, 0.1) is 24.6 Å². The van der Waals surface area contributed by atoms with E-state index in [-0.39, 0.29) is 11.9 Å². The van der Waals surface area contributed by atoms with E-state index in [4.69, 9.17) is 10.5 Å². The number of hydrogen-bond donors (Lipinski definition) is 1. The Balaban J connectivity index is 2.17. The molecule has 1 heterocycles. The van der Waals surface area contributed by atoms with Crippen LogP contribution in [0.3, 0.4) is 0 Å². The van der Waals surface area contributed by atoms with E-state index in [9.17, 15) is 4.39 Å². The Morgan fingerprint density at radius 3 is 2.88 bits per heavy atom. The molecule has 3 unspecified atom stereocenters. The van der Waals surface area contributed by atoms with E-state index in [2.05, 4.69) is 6.92 Å². The lowest BCUT2D eigenvalue weighted by molar-refractivity contribution is 0.0154. The normalized spacial score (nSPS) is 26.8. The first-order valence-corrected chi connectivity index (χ1v) is 6.19. The minimum atomic E-state index is -0.169. The fourth-order valence-corrected chi connectivity index (χ4v) is 2.49. The molecule has 3 atom stereocenters. The quantitative estimate of drug-likeness (QED) is 0.858. The van der Waals surface area contributed by atoms with Crippen LogP contribution in [0.4, 0.5) is 4.39 Å².